The number of fused-ring (bicyclic) bond motifs is 2. The average Bonchev–Trinajstić information content (AvgIpc) is 2.84. The van der Waals surface area contributed by atoms with Gasteiger partial charge in [-0.25, -0.2) is 22.0 Å². The monoisotopic (exact) mass is 480 g/mol. The van der Waals surface area contributed by atoms with Crippen LogP contribution in [0, 0.1) is 29.1 Å². The highest BCUT2D eigenvalue weighted by atomic mass is 19.1. The third-order valence-corrected chi connectivity index (χ3v) is 6.00. The Hall–Kier alpha value is -4.13. The largest absolute Gasteiger partial charge is 0.497 e. The van der Waals surface area contributed by atoms with E-state index in [0.29, 0.717) is 0 Å². The van der Waals surface area contributed by atoms with E-state index in [4.69, 9.17) is 9.47 Å². The molecule has 0 aliphatic carbocycles. The topological polar surface area (TPSA) is 18.5 Å². The predicted molar refractivity (Wildman–Crippen MR) is 125 cm³/mol. The first-order valence-electron chi connectivity index (χ1n) is 10.6. The van der Waals surface area contributed by atoms with Crippen LogP contribution in [0.2, 0.25) is 0 Å². The van der Waals surface area contributed by atoms with E-state index in [2.05, 4.69) is 0 Å². The summed E-state index contributed by atoms with van der Waals surface area (Å²) in [5.74, 6) is -4.65. The maximum atomic E-state index is 15.4. The van der Waals surface area contributed by atoms with E-state index in [0.717, 1.165) is 30.3 Å². The second-order valence-corrected chi connectivity index (χ2v) is 7.89. The van der Waals surface area contributed by atoms with Crippen molar-refractivity contribution < 1.29 is 31.4 Å². The molecule has 0 bridgehead atoms. The first-order valence-corrected chi connectivity index (χ1v) is 10.6. The normalized spacial score (nSPS) is 11.3. The summed E-state index contributed by atoms with van der Waals surface area (Å²) in [5, 5.41) is 0.436. The maximum Gasteiger partial charge on any atom is 0.137 e. The molecule has 0 N–H and O–H groups in total. The van der Waals surface area contributed by atoms with Gasteiger partial charge in [0.2, 0.25) is 0 Å². The first-order chi connectivity index (χ1) is 16.8. The lowest BCUT2D eigenvalue weighted by Gasteiger charge is -2.20. The van der Waals surface area contributed by atoms with E-state index < -0.39 is 40.2 Å². The third kappa shape index (κ3) is 3.55. The lowest BCUT2D eigenvalue weighted by Crippen LogP contribution is -2.00. The second kappa shape index (κ2) is 8.58. The number of benzene rings is 5. The zero-order valence-electron chi connectivity index (χ0n) is 18.6. The van der Waals surface area contributed by atoms with Crippen molar-refractivity contribution in [2.24, 2.45) is 0 Å². The standard InChI is InChI=1S/C28H17F5O2/c1-34-14-10-20(30)27(21(31)11-14)24-16-6-3-4-7-17(16)26(25-18(24)8-5-9-19(25)29)28-22(32)12-15(35-2)13-23(28)33/h3-13H,1-2H3. The fourth-order valence-corrected chi connectivity index (χ4v) is 4.53. The van der Waals surface area contributed by atoms with Crippen LogP contribution in [0.4, 0.5) is 22.0 Å². The zero-order valence-corrected chi connectivity index (χ0v) is 18.6. The molecule has 0 fully saturated rings. The molecule has 0 aliphatic rings. The van der Waals surface area contributed by atoms with Gasteiger partial charge in [0.25, 0.3) is 0 Å². The Morgan fingerprint density at radius 1 is 0.457 bits per heavy atom. The molecule has 0 saturated heterocycles. The van der Waals surface area contributed by atoms with E-state index in [9.17, 15) is 0 Å². The lowest BCUT2D eigenvalue weighted by atomic mass is 9.85. The van der Waals surface area contributed by atoms with Gasteiger partial charge in [-0.2, -0.15) is 0 Å². The zero-order chi connectivity index (χ0) is 24.9. The molecule has 0 aliphatic heterocycles. The van der Waals surface area contributed by atoms with Crippen LogP contribution in [0.3, 0.4) is 0 Å². The van der Waals surface area contributed by atoms with E-state index >= 15 is 22.0 Å². The molecule has 35 heavy (non-hydrogen) atoms. The summed E-state index contributed by atoms with van der Waals surface area (Å²) in [6, 6.07) is 14.3. The van der Waals surface area contributed by atoms with Crippen molar-refractivity contribution in [2.45, 2.75) is 0 Å². The Labute approximate surface area is 197 Å². The van der Waals surface area contributed by atoms with E-state index in [1.54, 1.807) is 18.2 Å². The van der Waals surface area contributed by atoms with Crippen molar-refractivity contribution in [2.75, 3.05) is 14.2 Å². The van der Waals surface area contributed by atoms with Crippen LogP contribution in [0.25, 0.3) is 43.8 Å². The van der Waals surface area contributed by atoms with Crippen LogP contribution in [-0.2, 0) is 0 Å². The molecule has 0 amide bonds. The number of rotatable bonds is 4. The Bertz CT molecular complexity index is 1580. The highest BCUT2D eigenvalue weighted by Crippen LogP contribution is 2.47. The number of methoxy groups -OCH3 is 2. The highest BCUT2D eigenvalue weighted by Gasteiger charge is 2.26. The summed E-state index contributed by atoms with van der Waals surface area (Å²) >= 11 is 0. The predicted octanol–water partition coefficient (Wildman–Crippen LogP) is 8.04. The summed E-state index contributed by atoms with van der Waals surface area (Å²) in [6.07, 6.45) is 0. The van der Waals surface area contributed by atoms with Crippen molar-refractivity contribution >= 4 is 21.5 Å². The maximum absolute atomic E-state index is 15.4. The fraction of sp³-hybridized carbons (Fsp3) is 0.0714. The van der Waals surface area contributed by atoms with Crippen LogP contribution in [-0.4, -0.2) is 14.2 Å². The summed E-state index contributed by atoms with van der Waals surface area (Å²) in [7, 11) is 2.55. The molecular weight excluding hydrogens is 463 g/mol. The van der Waals surface area contributed by atoms with E-state index in [1.807, 2.05) is 0 Å². The van der Waals surface area contributed by atoms with Gasteiger partial charge in [-0.3, -0.25) is 0 Å². The molecule has 5 aromatic carbocycles. The van der Waals surface area contributed by atoms with Gasteiger partial charge in [-0.05, 0) is 22.2 Å². The Morgan fingerprint density at radius 2 is 0.886 bits per heavy atom. The molecular formula is C28H17F5O2. The van der Waals surface area contributed by atoms with Gasteiger partial charge in [0, 0.05) is 40.8 Å². The summed E-state index contributed by atoms with van der Waals surface area (Å²) < 4.78 is 86.2. The lowest BCUT2D eigenvalue weighted by molar-refractivity contribution is 0.407. The summed E-state index contributed by atoms with van der Waals surface area (Å²) in [5.41, 5.74) is -0.880. The molecule has 0 heterocycles. The number of ether oxygens (including phenoxy) is 2. The van der Waals surface area contributed by atoms with Gasteiger partial charge < -0.3 is 9.47 Å². The summed E-state index contributed by atoms with van der Waals surface area (Å²) in [4.78, 5) is 0. The summed E-state index contributed by atoms with van der Waals surface area (Å²) in [6.45, 7) is 0. The minimum absolute atomic E-state index is 0.0254. The SMILES string of the molecule is COc1cc(F)c(-c2c3ccccc3c(-c3c(F)cc(OC)cc3F)c3c(F)cccc23)c(F)c1. The molecule has 2 nitrogen and oxygen atoms in total. The fourth-order valence-electron chi connectivity index (χ4n) is 4.53. The molecule has 5 rings (SSSR count). The molecule has 0 atom stereocenters. The van der Waals surface area contributed by atoms with Gasteiger partial charge in [-0.15, -0.1) is 0 Å². The molecule has 0 saturated carbocycles. The number of halogens is 5. The first kappa shape index (κ1) is 22.7. The van der Waals surface area contributed by atoms with Crippen molar-refractivity contribution in [3.05, 3.63) is 95.8 Å². The van der Waals surface area contributed by atoms with Crippen LogP contribution < -0.4 is 9.47 Å². The number of hydrogen-bond acceptors (Lipinski definition) is 2. The van der Waals surface area contributed by atoms with Crippen LogP contribution >= 0.6 is 0 Å². The third-order valence-electron chi connectivity index (χ3n) is 6.00. The van der Waals surface area contributed by atoms with Crippen molar-refractivity contribution in [3.63, 3.8) is 0 Å². The quantitative estimate of drug-likeness (QED) is 0.191. The van der Waals surface area contributed by atoms with Gasteiger partial charge >= 0.3 is 0 Å². The Balaban J connectivity index is 2.02. The van der Waals surface area contributed by atoms with Crippen molar-refractivity contribution in [1.29, 1.82) is 0 Å². The van der Waals surface area contributed by atoms with Gasteiger partial charge in [0.05, 0.1) is 25.3 Å². The molecule has 5 aromatic rings. The van der Waals surface area contributed by atoms with Crippen molar-refractivity contribution in [1.82, 2.24) is 0 Å². The molecule has 176 valence electrons. The molecule has 7 heteroatoms. The molecule has 0 radical (unpaired) electrons. The minimum atomic E-state index is -0.967. The van der Waals surface area contributed by atoms with Gasteiger partial charge in [0.1, 0.15) is 40.6 Å². The molecule has 0 spiro atoms. The van der Waals surface area contributed by atoms with Gasteiger partial charge in [-0.1, -0.05) is 36.4 Å². The minimum Gasteiger partial charge on any atom is -0.497 e. The van der Waals surface area contributed by atoms with Crippen molar-refractivity contribution in [3.8, 4) is 33.8 Å². The van der Waals surface area contributed by atoms with Crippen LogP contribution in [0.15, 0.2) is 66.7 Å². The smallest absolute Gasteiger partial charge is 0.137 e. The van der Waals surface area contributed by atoms with Gasteiger partial charge in [0.15, 0.2) is 0 Å². The van der Waals surface area contributed by atoms with E-state index in [-0.39, 0.29) is 44.2 Å². The van der Waals surface area contributed by atoms with Crippen LogP contribution in [0.5, 0.6) is 11.5 Å². The highest BCUT2D eigenvalue weighted by molar-refractivity contribution is 6.21. The van der Waals surface area contributed by atoms with Crippen LogP contribution in [0.1, 0.15) is 0 Å². The Morgan fingerprint density at radius 3 is 1.37 bits per heavy atom. The molecule has 0 unspecified atom stereocenters. The molecule has 0 aromatic heterocycles. The number of hydrogen-bond donors (Lipinski definition) is 0. The second-order valence-electron chi connectivity index (χ2n) is 7.89. The average molecular weight is 480 g/mol. The van der Waals surface area contributed by atoms with E-state index in [1.165, 1.54) is 32.4 Å². The Kier molecular flexibility index (Phi) is 5.55.